The smallest absolute Gasteiger partial charge is 0.0280 e. The molecule has 2 aliphatic heterocycles. The van der Waals surface area contributed by atoms with Crippen LogP contribution < -0.4 is 5.32 Å². The molecular formula is C12H24N2. The van der Waals surface area contributed by atoms with E-state index in [9.17, 15) is 0 Å². The minimum atomic E-state index is 0.412. The van der Waals surface area contributed by atoms with Crippen LogP contribution in [0, 0.1) is 5.41 Å². The summed E-state index contributed by atoms with van der Waals surface area (Å²) in [5, 5.41) is 3.64. The molecule has 1 unspecified atom stereocenters. The first-order valence-corrected chi connectivity index (χ1v) is 6.03. The van der Waals surface area contributed by atoms with Gasteiger partial charge in [0, 0.05) is 25.2 Å². The molecule has 0 spiro atoms. The van der Waals surface area contributed by atoms with Gasteiger partial charge in [-0.1, -0.05) is 13.8 Å². The van der Waals surface area contributed by atoms with Crippen LogP contribution in [0.15, 0.2) is 0 Å². The molecule has 0 radical (unpaired) electrons. The summed E-state index contributed by atoms with van der Waals surface area (Å²) in [6.07, 6.45) is 4.04. The van der Waals surface area contributed by atoms with E-state index in [1.54, 1.807) is 0 Å². The van der Waals surface area contributed by atoms with Crippen LogP contribution in [-0.2, 0) is 0 Å². The maximum absolute atomic E-state index is 3.64. The van der Waals surface area contributed by atoms with E-state index in [1.807, 2.05) is 0 Å². The first-order valence-electron chi connectivity index (χ1n) is 6.03. The zero-order valence-corrected chi connectivity index (χ0v) is 9.90. The topological polar surface area (TPSA) is 15.3 Å². The van der Waals surface area contributed by atoms with Crippen molar-refractivity contribution in [3.8, 4) is 0 Å². The summed E-state index contributed by atoms with van der Waals surface area (Å²) in [4.78, 5) is 2.61. The van der Waals surface area contributed by atoms with Gasteiger partial charge >= 0.3 is 0 Å². The molecular weight excluding hydrogens is 172 g/mol. The van der Waals surface area contributed by atoms with Crippen LogP contribution in [0.25, 0.3) is 0 Å². The van der Waals surface area contributed by atoms with Crippen molar-refractivity contribution in [2.45, 2.75) is 45.6 Å². The van der Waals surface area contributed by atoms with Crippen molar-refractivity contribution in [3.63, 3.8) is 0 Å². The van der Waals surface area contributed by atoms with Crippen molar-refractivity contribution in [2.75, 3.05) is 26.2 Å². The van der Waals surface area contributed by atoms with E-state index in [1.165, 1.54) is 45.4 Å². The van der Waals surface area contributed by atoms with Gasteiger partial charge < -0.3 is 10.2 Å². The fourth-order valence-electron chi connectivity index (χ4n) is 2.95. The minimum Gasteiger partial charge on any atom is -0.310 e. The molecule has 82 valence electrons. The van der Waals surface area contributed by atoms with Gasteiger partial charge in [-0.2, -0.15) is 0 Å². The van der Waals surface area contributed by atoms with Crippen molar-refractivity contribution >= 4 is 0 Å². The van der Waals surface area contributed by atoms with Gasteiger partial charge in [0.05, 0.1) is 0 Å². The highest BCUT2D eigenvalue weighted by Crippen LogP contribution is 2.34. The second-order valence-electron chi connectivity index (χ2n) is 5.90. The van der Waals surface area contributed by atoms with Crippen LogP contribution in [0.5, 0.6) is 0 Å². The monoisotopic (exact) mass is 196 g/mol. The highest BCUT2D eigenvalue weighted by Gasteiger charge is 2.40. The van der Waals surface area contributed by atoms with Crippen LogP contribution in [0.3, 0.4) is 0 Å². The van der Waals surface area contributed by atoms with Crippen LogP contribution in [0.1, 0.15) is 40.0 Å². The molecule has 0 bridgehead atoms. The molecule has 0 aromatic heterocycles. The normalized spacial score (nSPS) is 37.1. The number of rotatable bonds is 3. The summed E-state index contributed by atoms with van der Waals surface area (Å²) in [6, 6.07) is 0. The standard InChI is InChI=1S/C12H24N2/c1-4-11(2)8-14(9-11)10-12(3)6-5-7-13-12/h13H,4-10H2,1-3H3. The molecule has 2 aliphatic rings. The maximum Gasteiger partial charge on any atom is 0.0280 e. The van der Waals surface area contributed by atoms with E-state index in [4.69, 9.17) is 0 Å². The van der Waals surface area contributed by atoms with Crippen molar-refractivity contribution in [3.05, 3.63) is 0 Å². The Bertz CT molecular complexity index is 200. The summed E-state index contributed by atoms with van der Waals surface area (Å²) < 4.78 is 0. The van der Waals surface area contributed by atoms with Gasteiger partial charge in [-0.3, -0.25) is 0 Å². The molecule has 0 aliphatic carbocycles. The van der Waals surface area contributed by atoms with Gasteiger partial charge in [0.15, 0.2) is 0 Å². The van der Waals surface area contributed by atoms with E-state index in [0.29, 0.717) is 11.0 Å². The van der Waals surface area contributed by atoms with Gasteiger partial charge in [0.2, 0.25) is 0 Å². The lowest BCUT2D eigenvalue weighted by Crippen LogP contribution is -2.60. The number of hydrogen-bond acceptors (Lipinski definition) is 2. The Kier molecular flexibility index (Phi) is 2.61. The Hall–Kier alpha value is -0.0800. The predicted molar refractivity (Wildman–Crippen MR) is 60.5 cm³/mol. The Morgan fingerprint density at radius 1 is 1.29 bits per heavy atom. The average molecular weight is 196 g/mol. The van der Waals surface area contributed by atoms with Gasteiger partial charge in [0.25, 0.3) is 0 Å². The lowest BCUT2D eigenvalue weighted by Gasteiger charge is -2.50. The van der Waals surface area contributed by atoms with Crippen LogP contribution in [0.2, 0.25) is 0 Å². The van der Waals surface area contributed by atoms with Crippen LogP contribution >= 0.6 is 0 Å². The summed E-state index contributed by atoms with van der Waals surface area (Å²) >= 11 is 0. The third-order valence-electron chi connectivity index (χ3n) is 4.09. The quantitative estimate of drug-likeness (QED) is 0.741. The minimum absolute atomic E-state index is 0.412. The SMILES string of the molecule is CCC1(C)CN(CC2(C)CCCN2)C1. The molecule has 2 heterocycles. The molecule has 1 N–H and O–H groups in total. The molecule has 0 saturated carbocycles. The summed E-state index contributed by atoms with van der Waals surface area (Å²) in [7, 11) is 0. The van der Waals surface area contributed by atoms with Gasteiger partial charge in [-0.05, 0) is 38.1 Å². The first-order chi connectivity index (χ1) is 6.55. The van der Waals surface area contributed by atoms with E-state index in [-0.39, 0.29) is 0 Å². The highest BCUT2D eigenvalue weighted by atomic mass is 15.2. The Labute approximate surface area is 88.1 Å². The number of nitrogens with zero attached hydrogens (tertiary/aromatic N) is 1. The predicted octanol–water partition coefficient (Wildman–Crippen LogP) is 1.86. The lowest BCUT2D eigenvalue weighted by molar-refractivity contribution is -0.00380. The molecule has 0 aromatic rings. The Morgan fingerprint density at radius 3 is 2.50 bits per heavy atom. The Balaban J connectivity index is 1.78. The molecule has 0 aromatic carbocycles. The van der Waals surface area contributed by atoms with E-state index in [0.717, 1.165) is 0 Å². The third-order valence-corrected chi connectivity index (χ3v) is 4.09. The number of hydrogen-bond donors (Lipinski definition) is 1. The number of likely N-dealkylation sites (tertiary alicyclic amines) is 1. The summed E-state index contributed by atoms with van der Waals surface area (Å²) in [5.74, 6) is 0. The molecule has 2 rings (SSSR count). The summed E-state index contributed by atoms with van der Waals surface area (Å²) in [6.45, 7) is 12.2. The molecule has 0 amide bonds. The van der Waals surface area contributed by atoms with E-state index < -0.39 is 0 Å². The van der Waals surface area contributed by atoms with Crippen molar-refractivity contribution in [1.29, 1.82) is 0 Å². The lowest BCUT2D eigenvalue weighted by atomic mass is 9.78. The molecule has 14 heavy (non-hydrogen) atoms. The van der Waals surface area contributed by atoms with Crippen LogP contribution in [0.4, 0.5) is 0 Å². The fraction of sp³-hybridized carbons (Fsp3) is 1.00. The van der Waals surface area contributed by atoms with E-state index in [2.05, 4.69) is 31.0 Å². The van der Waals surface area contributed by atoms with Gasteiger partial charge in [-0.15, -0.1) is 0 Å². The second-order valence-corrected chi connectivity index (χ2v) is 5.90. The summed E-state index contributed by atoms with van der Waals surface area (Å²) in [5.41, 5.74) is 1.03. The van der Waals surface area contributed by atoms with Crippen molar-refractivity contribution in [2.24, 2.45) is 5.41 Å². The second kappa shape index (κ2) is 3.49. The zero-order valence-electron chi connectivity index (χ0n) is 9.90. The zero-order chi connectivity index (χ0) is 10.2. The van der Waals surface area contributed by atoms with Crippen molar-refractivity contribution in [1.82, 2.24) is 10.2 Å². The number of nitrogens with one attached hydrogen (secondary N) is 1. The molecule has 2 fully saturated rings. The first kappa shape index (κ1) is 10.4. The van der Waals surface area contributed by atoms with Gasteiger partial charge in [0.1, 0.15) is 0 Å². The molecule has 2 heteroatoms. The fourth-order valence-corrected chi connectivity index (χ4v) is 2.95. The van der Waals surface area contributed by atoms with Gasteiger partial charge in [-0.25, -0.2) is 0 Å². The van der Waals surface area contributed by atoms with Crippen LogP contribution in [-0.4, -0.2) is 36.6 Å². The molecule has 2 nitrogen and oxygen atoms in total. The largest absolute Gasteiger partial charge is 0.310 e. The third kappa shape index (κ3) is 1.96. The maximum atomic E-state index is 3.64. The van der Waals surface area contributed by atoms with Crippen molar-refractivity contribution < 1.29 is 0 Å². The highest BCUT2D eigenvalue weighted by molar-refractivity contribution is 4.97. The molecule has 1 atom stereocenters. The van der Waals surface area contributed by atoms with E-state index >= 15 is 0 Å². The Morgan fingerprint density at radius 2 is 2.00 bits per heavy atom. The molecule has 2 saturated heterocycles. The average Bonchev–Trinajstić information content (AvgIpc) is 2.49.